The second-order valence-electron chi connectivity index (χ2n) is 5.06. The first-order valence-electron chi connectivity index (χ1n) is 6.74. The third kappa shape index (κ3) is 3.91. The summed E-state index contributed by atoms with van der Waals surface area (Å²) in [5.41, 5.74) is 3.53. The van der Waals surface area contributed by atoms with E-state index in [4.69, 9.17) is 16.3 Å². The van der Waals surface area contributed by atoms with Gasteiger partial charge in [0, 0.05) is 16.8 Å². The summed E-state index contributed by atoms with van der Waals surface area (Å²) in [6, 6.07) is 14.5. The van der Waals surface area contributed by atoms with E-state index in [0.29, 0.717) is 6.04 Å². The van der Waals surface area contributed by atoms with Gasteiger partial charge in [-0.1, -0.05) is 23.7 Å². The molecular formula is C17H20ClNO. The zero-order valence-electron chi connectivity index (χ0n) is 12.1. The molecule has 0 radical (unpaired) electrons. The Morgan fingerprint density at radius 2 is 1.85 bits per heavy atom. The van der Waals surface area contributed by atoms with Crippen molar-refractivity contribution in [3.63, 3.8) is 0 Å². The van der Waals surface area contributed by atoms with Crippen LogP contribution in [-0.2, 0) is 6.42 Å². The van der Waals surface area contributed by atoms with Crippen LogP contribution in [-0.4, -0.2) is 13.2 Å². The van der Waals surface area contributed by atoms with Gasteiger partial charge in [0.1, 0.15) is 5.75 Å². The van der Waals surface area contributed by atoms with Crippen LogP contribution in [0.1, 0.15) is 18.1 Å². The summed E-state index contributed by atoms with van der Waals surface area (Å²) in [6.07, 6.45) is 0.961. The minimum absolute atomic E-state index is 0.351. The van der Waals surface area contributed by atoms with Crippen LogP contribution >= 0.6 is 11.6 Å². The molecule has 0 aliphatic rings. The number of hydrogen-bond donors (Lipinski definition) is 1. The van der Waals surface area contributed by atoms with Crippen LogP contribution < -0.4 is 10.1 Å². The minimum Gasteiger partial charge on any atom is -0.496 e. The third-order valence-electron chi connectivity index (χ3n) is 3.26. The zero-order valence-corrected chi connectivity index (χ0v) is 12.9. The zero-order chi connectivity index (χ0) is 14.5. The van der Waals surface area contributed by atoms with Crippen molar-refractivity contribution >= 4 is 17.3 Å². The molecule has 1 unspecified atom stereocenters. The van der Waals surface area contributed by atoms with Gasteiger partial charge in [0.05, 0.1) is 7.11 Å². The van der Waals surface area contributed by atoms with Gasteiger partial charge in [-0.25, -0.2) is 0 Å². The molecule has 2 nitrogen and oxygen atoms in total. The number of nitrogens with one attached hydrogen (secondary N) is 1. The summed E-state index contributed by atoms with van der Waals surface area (Å²) in [5.74, 6) is 0.918. The number of methoxy groups -OCH3 is 1. The Morgan fingerprint density at radius 1 is 1.15 bits per heavy atom. The minimum atomic E-state index is 0.351. The molecule has 0 saturated heterocycles. The van der Waals surface area contributed by atoms with E-state index in [-0.39, 0.29) is 0 Å². The lowest BCUT2D eigenvalue weighted by Gasteiger charge is -2.16. The van der Waals surface area contributed by atoms with E-state index in [1.807, 2.05) is 31.2 Å². The van der Waals surface area contributed by atoms with Gasteiger partial charge < -0.3 is 10.1 Å². The Bertz CT molecular complexity index is 566. The van der Waals surface area contributed by atoms with E-state index in [1.165, 1.54) is 5.56 Å². The lowest BCUT2D eigenvalue weighted by molar-refractivity contribution is 0.412. The molecule has 0 aromatic heterocycles. The van der Waals surface area contributed by atoms with Crippen molar-refractivity contribution in [3.05, 3.63) is 58.6 Å². The summed E-state index contributed by atoms with van der Waals surface area (Å²) in [6.45, 7) is 4.22. The highest BCUT2D eigenvalue weighted by molar-refractivity contribution is 6.30. The summed E-state index contributed by atoms with van der Waals surface area (Å²) in [4.78, 5) is 0. The first-order chi connectivity index (χ1) is 9.58. The van der Waals surface area contributed by atoms with E-state index in [0.717, 1.165) is 28.4 Å². The maximum Gasteiger partial charge on any atom is 0.121 e. The van der Waals surface area contributed by atoms with E-state index in [1.54, 1.807) is 7.11 Å². The molecule has 2 rings (SSSR count). The van der Waals surface area contributed by atoms with Crippen molar-refractivity contribution in [2.24, 2.45) is 0 Å². The average Bonchev–Trinajstić information content (AvgIpc) is 2.41. The van der Waals surface area contributed by atoms with Crippen LogP contribution in [0.4, 0.5) is 5.69 Å². The lowest BCUT2D eigenvalue weighted by atomic mass is 10.1. The van der Waals surface area contributed by atoms with Gasteiger partial charge >= 0.3 is 0 Å². The van der Waals surface area contributed by atoms with Crippen LogP contribution in [0.25, 0.3) is 0 Å². The first-order valence-corrected chi connectivity index (χ1v) is 7.12. The van der Waals surface area contributed by atoms with Gasteiger partial charge in [-0.05, 0) is 61.7 Å². The van der Waals surface area contributed by atoms with Gasteiger partial charge in [0.2, 0.25) is 0 Å². The highest BCUT2D eigenvalue weighted by Crippen LogP contribution is 2.22. The molecule has 1 N–H and O–H groups in total. The molecular weight excluding hydrogens is 270 g/mol. The fraction of sp³-hybridized carbons (Fsp3) is 0.294. The van der Waals surface area contributed by atoms with Crippen molar-refractivity contribution in [3.8, 4) is 5.75 Å². The average molecular weight is 290 g/mol. The summed E-state index contributed by atoms with van der Waals surface area (Å²) < 4.78 is 5.27. The van der Waals surface area contributed by atoms with E-state index in [2.05, 4.69) is 30.4 Å². The molecule has 0 bridgehead atoms. The Morgan fingerprint density at radius 3 is 2.45 bits per heavy atom. The summed E-state index contributed by atoms with van der Waals surface area (Å²) in [5, 5.41) is 4.29. The Balaban J connectivity index is 1.99. The number of halogens is 1. The number of hydrogen-bond acceptors (Lipinski definition) is 2. The molecule has 2 aromatic rings. The summed E-state index contributed by atoms with van der Waals surface area (Å²) >= 11 is 5.90. The van der Waals surface area contributed by atoms with Gasteiger partial charge in [0.15, 0.2) is 0 Å². The maximum absolute atomic E-state index is 5.90. The standard InChI is InChI=1S/C17H20ClNO/c1-12-10-16(8-9-17(12)20-3)19-13(2)11-14-4-6-15(18)7-5-14/h4-10,13,19H,11H2,1-3H3. The highest BCUT2D eigenvalue weighted by atomic mass is 35.5. The van der Waals surface area contributed by atoms with Crippen molar-refractivity contribution in [2.45, 2.75) is 26.3 Å². The number of aryl methyl sites for hydroxylation is 1. The molecule has 106 valence electrons. The molecule has 0 heterocycles. The first kappa shape index (κ1) is 14.7. The Labute approximate surface area is 125 Å². The summed E-state index contributed by atoms with van der Waals surface area (Å²) in [7, 11) is 1.69. The topological polar surface area (TPSA) is 21.3 Å². The van der Waals surface area contributed by atoms with E-state index < -0.39 is 0 Å². The molecule has 0 saturated carbocycles. The fourth-order valence-electron chi connectivity index (χ4n) is 2.28. The van der Waals surface area contributed by atoms with Gasteiger partial charge in [-0.2, -0.15) is 0 Å². The lowest BCUT2D eigenvalue weighted by Crippen LogP contribution is -2.18. The number of anilines is 1. The number of rotatable bonds is 5. The van der Waals surface area contributed by atoms with Crippen LogP contribution in [0, 0.1) is 6.92 Å². The van der Waals surface area contributed by atoms with Crippen LogP contribution in [0.5, 0.6) is 5.75 Å². The second kappa shape index (κ2) is 6.67. The molecule has 3 heteroatoms. The van der Waals surface area contributed by atoms with Crippen LogP contribution in [0.3, 0.4) is 0 Å². The van der Waals surface area contributed by atoms with Crippen molar-refractivity contribution < 1.29 is 4.74 Å². The Hall–Kier alpha value is -1.67. The van der Waals surface area contributed by atoms with Gasteiger partial charge in [-0.3, -0.25) is 0 Å². The van der Waals surface area contributed by atoms with Crippen molar-refractivity contribution in [2.75, 3.05) is 12.4 Å². The molecule has 20 heavy (non-hydrogen) atoms. The van der Waals surface area contributed by atoms with Crippen molar-refractivity contribution in [1.82, 2.24) is 0 Å². The largest absolute Gasteiger partial charge is 0.496 e. The molecule has 0 aliphatic carbocycles. The van der Waals surface area contributed by atoms with Crippen LogP contribution in [0.2, 0.25) is 5.02 Å². The second-order valence-corrected chi connectivity index (χ2v) is 5.50. The molecule has 0 amide bonds. The molecule has 0 fully saturated rings. The molecule has 1 atom stereocenters. The molecule has 0 aliphatic heterocycles. The fourth-order valence-corrected chi connectivity index (χ4v) is 2.40. The van der Waals surface area contributed by atoms with Gasteiger partial charge in [0.25, 0.3) is 0 Å². The van der Waals surface area contributed by atoms with E-state index >= 15 is 0 Å². The predicted octanol–water partition coefficient (Wildman–Crippen LogP) is 4.70. The third-order valence-corrected chi connectivity index (χ3v) is 3.52. The monoisotopic (exact) mass is 289 g/mol. The predicted molar refractivity (Wildman–Crippen MR) is 86.0 cm³/mol. The molecule has 0 spiro atoms. The van der Waals surface area contributed by atoms with E-state index in [9.17, 15) is 0 Å². The number of benzene rings is 2. The maximum atomic E-state index is 5.90. The van der Waals surface area contributed by atoms with Crippen molar-refractivity contribution in [1.29, 1.82) is 0 Å². The van der Waals surface area contributed by atoms with Gasteiger partial charge in [-0.15, -0.1) is 0 Å². The Kier molecular flexibility index (Phi) is 4.91. The van der Waals surface area contributed by atoms with Crippen LogP contribution in [0.15, 0.2) is 42.5 Å². The molecule has 2 aromatic carbocycles. The highest BCUT2D eigenvalue weighted by Gasteiger charge is 2.05. The SMILES string of the molecule is COc1ccc(NC(C)Cc2ccc(Cl)cc2)cc1C. The normalized spacial score (nSPS) is 12.0. The smallest absolute Gasteiger partial charge is 0.121 e. The quantitative estimate of drug-likeness (QED) is 0.861. The number of ether oxygens (including phenoxy) is 1.